The van der Waals surface area contributed by atoms with E-state index in [-0.39, 0.29) is 0 Å². The lowest BCUT2D eigenvalue weighted by Gasteiger charge is -2.41. The molecule has 14 heavy (non-hydrogen) atoms. The molecule has 0 heteroatoms. The quantitative estimate of drug-likeness (QED) is 0.584. The third kappa shape index (κ3) is 4.02. The van der Waals surface area contributed by atoms with Gasteiger partial charge in [-0.05, 0) is 35.5 Å². The molecule has 0 atom stereocenters. The smallest absolute Gasteiger partial charge is 0.0316 e. The highest BCUT2D eigenvalue weighted by atomic mass is 14.4. The van der Waals surface area contributed by atoms with Crippen molar-refractivity contribution in [2.24, 2.45) is 29.1 Å². The van der Waals surface area contributed by atoms with Crippen molar-refractivity contribution >= 4 is 0 Å². The van der Waals surface area contributed by atoms with Gasteiger partial charge in [0.05, 0.1) is 0 Å². The Hall–Kier alpha value is 0. The highest BCUT2D eigenvalue weighted by Crippen LogP contribution is 2.42. The maximum Gasteiger partial charge on any atom is -0.0316 e. The first-order chi connectivity index (χ1) is 6.18. The molecular weight excluding hydrogens is 168 g/mol. The Labute approximate surface area is 91.5 Å². The van der Waals surface area contributed by atoms with Gasteiger partial charge in [0.2, 0.25) is 0 Å². The van der Waals surface area contributed by atoms with E-state index in [1.54, 1.807) is 0 Å². The highest BCUT2D eigenvalue weighted by Gasteiger charge is 2.34. The predicted octanol–water partition coefficient (Wildman–Crippen LogP) is 4.99. The van der Waals surface area contributed by atoms with E-state index in [0.29, 0.717) is 5.41 Å². The summed E-state index contributed by atoms with van der Waals surface area (Å²) in [5.41, 5.74) is 0.483. The fraction of sp³-hybridized carbons (Fsp3) is 1.00. The maximum absolute atomic E-state index is 2.44. The van der Waals surface area contributed by atoms with E-state index in [2.05, 4.69) is 55.4 Å². The molecule has 0 aliphatic rings. The standard InChI is InChI=1S/C14H30/c1-10(2)9-14(7,8)13(11(3)4)12(5)6/h10-13H,9H2,1-8H3. The molecule has 0 amide bonds. The second kappa shape index (κ2) is 5.19. The van der Waals surface area contributed by atoms with Crippen LogP contribution < -0.4 is 0 Å². The SMILES string of the molecule is CC(C)CC(C)(C)C(C(C)C)C(C)C. The normalized spacial score (nSPS) is 13.7. The Kier molecular flexibility index (Phi) is 5.19. The van der Waals surface area contributed by atoms with Gasteiger partial charge in [-0.1, -0.05) is 55.4 Å². The Bertz CT molecular complexity index is 143. The molecule has 0 spiro atoms. The first-order valence-electron chi connectivity index (χ1n) is 6.18. The molecule has 0 unspecified atom stereocenters. The fourth-order valence-electron chi connectivity index (χ4n) is 3.76. The molecule has 0 fully saturated rings. The highest BCUT2D eigenvalue weighted by molar-refractivity contribution is 4.83. The molecule has 0 aliphatic heterocycles. The summed E-state index contributed by atoms with van der Waals surface area (Å²) >= 11 is 0. The van der Waals surface area contributed by atoms with E-state index in [9.17, 15) is 0 Å². The van der Waals surface area contributed by atoms with Crippen LogP contribution in [0.2, 0.25) is 0 Å². The Morgan fingerprint density at radius 1 is 0.786 bits per heavy atom. The number of rotatable bonds is 5. The van der Waals surface area contributed by atoms with Gasteiger partial charge in [-0.2, -0.15) is 0 Å². The van der Waals surface area contributed by atoms with Crippen LogP contribution in [0.1, 0.15) is 61.8 Å². The van der Waals surface area contributed by atoms with Crippen LogP contribution in [0, 0.1) is 29.1 Å². The lowest BCUT2D eigenvalue weighted by atomic mass is 9.64. The molecule has 86 valence electrons. The van der Waals surface area contributed by atoms with Crippen LogP contribution >= 0.6 is 0 Å². The summed E-state index contributed by atoms with van der Waals surface area (Å²) < 4.78 is 0. The number of hydrogen-bond donors (Lipinski definition) is 0. The second-order valence-electron chi connectivity index (χ2n) is 6.60. The van der Waals surface area contributed by atoms with Gasteiger partial charge in [-0.25, -0.2) is 0 Å². The molecular formula is C14H30. The van der Waals surface area contributed by atoms with Crippen molar-refractivity contribution in [1.29, 1.82) is 0 Å². The van der Waals surface area contributed by atoms with Crippen LogP contribution in [0.3, 0.4) is 0 Å². The second-order valence-corrected chi connectivity index (χ2v) is 6.60. The minimum Gasteiger partial charge on any atom is -0.0628 e. The fourth-order valence-corrected chi connectivity index (χ4v) is 3.76. The summed E-state index contributed by atoms with van der Waals surface area (Å²) in [5, 5.41) is 0. The van der Waals surface area contributed by atoms with Gasteiger partial charge in [0.25, 0.3) is 0 Å². The van der Waals surface area contributed by atoms with Crippen molar-refractivity contribution in [3.8, 4) is 0 Å². The van der Waals surface area contributed by atoms with E-state index in [4.69, 9.17) is 0 Å². The van der Waals surface area contributed by atoms with Crippen molar-refractivity contribution in [3.05, 3.63) is 0 Å². The van der Waals surface area contributed by atoms with Crippen LogP contribution in [0.15, 0.2) is 0 Å². The van der Waals surface area contributed by atoms with E-state index in [0.717, 1.165) is 23.7 Å². The van der Waals surface area contributed by atoms with Crippen molar-refractivity contribution in [2.45, 2.75) is 61.8 Å². The van der Waals surface area contributed by atoms with Crippen LogP contribution in [-0.4, -0.2) is 0 Å². The molecule has 0 aromatic rings. The van der Waals surface area contributed by atoms with Crippen molar-refractivity contribution in [1.82, 2.24) is 0 Å². The van der Waals surface area contributed by atoms with Gasteiger partial charge in [-0.3, -0.25) is 0 Å². The Morgan fingerprint density at radius 2 is 1.14 bits per heavy atom. The van der Waals surface area contributed by atoms with Crippen LogP contribution in [-0.2, 0) is 0 Å². The van der Waals surface area contributed by atoms with Crippen molar-refractivity contribution < 1.29 is 0 Å². The summed E-state index contributed by atoms with van der Waals surface area (Å²) in [6, 6.07) is 0. The van der Waals surface area contributed by atoms with Crippen LogP contribution in [0.5, 0.6) is 0 Å². The molecule has 0 rings (SSSR count). The van der Waals surface area contributed by atoms with Crippen molar-refractivity contribution in [3.63, 3.8) is 0 Å². The van der Waals surface area contributed by atoms with E-state index < -0.39 is 0 Å². The average Bonchev–Trinajstić information content (AvgIpc) is 1.77. The van der Waals surface area contributed by atoms with E-state index >= 15 is 0 Å². The van der Waals surface area contributed by atoms with Gasteiger partial charge >= 0.3 is 0 Å². The third-order valence-electron chi connectivity index (χ3n) is 3.27. The molecule has 0 N–H and O–H groups in total. The summed E-state index contributed by atoms with van der Waals surface area (Å²) in [6.07, 6.45) is 1.34. The molecule has 0 saturated heterocycles. The Morgan fingerprint density at radius 3 is 1.36 bits per heavy atom. The largest absolute Gasteiger partial charge is 0.0628 e. The predicted molar refractivity (Wildman–Crippen MR) is 66.4 cm³/mol. The topological polar surface area (TPSA) is 0 Å². The van der Waals surface area contributed by atoms with Crippen molar-refractivity contribution in [2.75, 3.05) is 0 Å². The van der Waals surface area contributed by atoms with Gasteiger partial charge < -0.3 is 0 Å². The molecule has 0 saturated carbocycles. The zero-order valence-electron chi connectivity index (χ0n) is 11.5. The summed E-state index contributed by atoms with van der Waals surface area (Å²) in [6.45, 7) is 19.0. The molecule has 0 aromatic carbocycles. The third-order valence-corrected chi connectivity index (χ3v) is 3.27. The average molecular weight is 198 g/mol. The minimum atomic E-state index is 0.483. The zero-order valence-corrected chi connectivity index (χ0v) is 11.5. The van der Waals surface area contributed by atoms with Gasteiger partial charge in [0.1, 0.15) is 0 Å². The molecule has 0 heterocycles. The van der Waals surface area contributed by atoms with Gasteiger partial charge in [0, 0.05) is 0 Å². The Balaban J connectivity index is 4.62. The summed E-state index contributed by atoms with van der Waals surface area (Å²) in [5.74, 6) is 3.24. The lowest BCUT2D eigenvalue weighted by molar-refractivity contribution is 0.0827. The van der Waals surface area contributed by atoms with Crippen LogP contribution in [0.25, 0.3) is 0 Å². The molecule has 0 bridgehead atoms. The lowest BCUT2D eigenvalue weighted by Crippen LogP contribution is -2.33. The van der Waals surface area contributed by atoms with Crippen LogP contribution in [0.4, 0.5) is 0 Å². The summed E-state index contributed by atoms with van der Waals surface area (Å²) in [4.78, 5) is 0. The molecule has 0 aliphatic carbocycles. The van der Waals surface area contributed by atoms with E-state index in [1.165, 1.54) is 6.42 Å². The van der Waals surface area contributed by atoms with Gasteiger partial charge in [-0.15, -0.1) is 0 Å². The minimum absolute atomic E-state index is 0.483. The zero-order chi connectivity index (χ0) is 11.5. The van der Waals surface area contributed by atoms with E-state index in [1.807, 2.05) is 0 Å². The first kappa shape index (κ1) is 14.0. The first-order valence-corrected chi connectivity index (χ1v) is 6.18. The summed E-state index contributed by atoms with van der Waals surface area (Å²) in [7, 11) is 0. The molecule has 0 aromatic heterocycles. The number of hydrogen-bond acceptors (Lipinski definition) is 0. The molecule has 0 radical (unpaired) electrons. The maximum atomic E-state index is 2.44. The van der Waals surface area contributed by atoms with Gasteiger partial charge in [0.15, 0.2) is 0 Å². The molecule has 0 nitrogen and oxygen atoms in total. The monoisotopic (exact) mass is 198 g/mol.